The molecule has 0 atom stereocenters. The normalized spacial score (nSPS) is 17.7. The van der Waals surface area contributed by atoms with Gasteiger partial charge in [0.2, 0.25) is 0 Å². The monoisotopic (exact) mass is 251 g/mol. The number of carbonyl (C=O) groups is 1. The zero-order chi connectivity index (χ0) is 13.2. The molecule has 0 spiro atoms. The summed E-state index contributed by atoms with van der Waals surface area (Å²) in [6.07, 6.45) is 4.21. The standard InChI is InChI=1S/C14H18FNO2/c1-16(10-14(18)6-2-3-7-14)13-5-4-11(9-17)8-12(13)15/h4-5,8-9,18H,2-3,6-7,10H2,1H3. The Balaban J connectivity index is 2.13. The first-order valence-corrected chi connectivity index (χ1v) is 6.22. The largest absolute Gasteiger partial charge is 0.388 e. The fourth-order valence-electron chi connectivity index (χ4n) is 2.62. The van der Waals surface area contributed by atoms with Gasteiger partial charge in [-0.15, -0.1) is 0 Å². The van der Waals surface area contributed by atoms with Crippen LogP contribution in [0.4, 0.5) is 10.1 Å². The molecule has 2 rings (SSSR count). The Hall–Kier alpha value is -1.42. The van der Waals surface area contributed by atoms with Crippen molar-refractivity contribution in [3.63, 3.8) is 0 Å². The molecule has 1 aliphatic carbocycles. The molecule has 0 aliphatic heterocycles. The number of likely N-dealkylation sites (N-methyl/N-ethyl adjacent to an activating group) is 1. The molecule has 0 unspecified atom stereocenters. The van der Waals surface area contributed by atoms with Crippen LogP contribution in [0.15, 0.2) is 18.2 Å². The highest BCUT2D eigenvalue weighted by molar-refractivity contribution is 5.75. The molecule has 98 valence electrons. The Labute approximate surface area is 106 Å². The van der Waals surface area contributed by atoms with E-state index in [1.807, 2.05) is 0 Å². The number of aldehydes is 1. The lowest BCUT2D eigenvalue weighted by Crippen LogP contribution is -2.39. The van der Waals surface area contributed by atoms with E-state index in [-0.39, 0.29) is 0 Å². The molecule has 0 bridgehead atoms. The number of nitrogens with zero attached hydrogens (tertiary/aromatic N) is 1. The summed E-state index contributed by atoms with van der Waals surface area (Å²) < 4.78 is 13.8. The predicted octanol–water partition coefficient (Wildman–Crippen LogP) is 2.38. The van der Waals surface area contributed by atoms with Gasteiger partial charge in [-0.3, -0.25) is 4.79 Å². The van der Waals surface area contributed by atoms with E-state index in [1.165, 1.54) is 6.07 Å². The zero-order valence-electron chi connectivity index (χ0n) is 10.5. The van der Waals surface area contributed by atoms with E-state index in [0.29, 0.717) is 24.1 Å². The number of benzene rings is 1. The summed E-state index contributed by atoms with van der Waals surface area (Å²) in [6, 6.07) is 4.38. The van der Waals surface area contributed by atoms with Gasteiger partial charge < -0.3 is 10.0 Å². The number of carbonyl (C=O) groups excluding carboxylic acids is 1. The topological polar surface area (TPSA) is 40.5 Å². The number of anilines is 1. The van der Waals surface area contributed by atoms with Crippen LogP contribution in [0.25, 0.3) is 0 Å². The summed E-state index contributed by atoms with van der Waals surface area (Å²) in [5.74, 6) is -0.427. The highest BCUT2D eigenvalue weighted by Gasteiger charge is 2.32. The van der Waals surface area contributed by atoms with E-state index in [2.05, 4.69) is 0 Å². The van der Waals surface area contributed by atoms with Crippen molar-refractivity contribution in [2.45, 2.75) is 31.3 Å². The second-order valence-corrected chi connectivity index (χ2v) is 5.12. The van der Waals surface area contributed by atoms with Crippen LogP contribution in [0, 0.1) is 5.82 Å². The zero-order valence-corrected chi connectivity index (χ0v) is 10.5. The molecule has 0 saturated heterocycles. The smallest absolute Gasteiger partial charge is 0.150 e. The number of rotatable bonds is 4. The van der Waals surface area contributed by atoms with E-state index in [1.54, 1.807) is 24.1 Å². The highest BCUT2D eigenvalue weighted by atomic mass is 19.1. The second-order valence-electron chi connectivity index (χ2n) is 5.12. The van der Waals surface area contributed by atoms with Gasteiger partial charge >= 0.3 is 0 Å². The third-order valence-electron chi connectivity index (χ3n) is 3.58. The van der Waals surface area contributed by atoms with Gasteiger partial charge in [-0.25, -0.2) is 4.39 Å². The maximum atomic E-state index is 13.8. The number of hydrogen-bond donors (Lipinski definition) is 1. The third kappa shape index (κ3) is 2.70. The van der Waals surface area contributed by atoms with Crippen LogP contribution in [0.3, 0.4) is 0 Å². The van der Waals surface area contributed by atoms with Gasteiger partial charge in [0, 0.05) is 19.2 Å². The lowest BCUT2D eigenvalue weighted by atomic mass is 10.0. The summed E-state index contributed by atoms with van der Waals surface area (Å²) in [4.78, 5) is 12.3. The van der Waals surface area contributed by atoms with E-state index in [0.717, 1.165) is 25.7 Å². The highest BCUT2D eigenvalue weighted by Crippen LogP contribution is 2.31. The van der Waals surface area contributed by atoms with Crippen molar-refractivity contribution in [2.75, 3.05) is 18.5 Å². The molecule has 1 aliphatic rings. The van der Waals surface area contributed by atoms with E-state index in [9.17, 15) is 14.3 Å². The van der Waals surface area contributed by atoms with Crippen LogP contribution < -0.4 is 4.90 Å². The molecular formula is C14H18FNO2. The maximum Gasteiger partial charge on any atom is 0.150 e. The lowest BCUT2D eigenvalue weighted by molar-refractivity contribution is 0.0558. The number of halogens is 1. The van der Waals surface area contributed by atoms with Crippen molar-refractivity contribution < 1.29 is 14.3 Å². The Morgan fingerprint density at radius 1 is 1.44 bits per heavy atom. The summed E-state index contributed by atoms with van der Waals surface area (Å²) >= 11 is 0. The third-order valence-corrected chi connectivity index (χ3v) is 3.58. The van der Waals surface area contributed by atoms with E-state index >= 15 is 0 Å². The van der Waals surface area contributed by atoms with Gasteiger partial charge in [0.15, 0.2) is 0 Å². The van der Waals surface area contributed by atoms with Crippen LogP contribution in [0.5, 0.6) is 0 Å². The average Bonchev–Trinajstić information content (AvgIpc) is 2.75. The molecule has 0 radical (unpaired) electrons. The molecule has 0 amide bonds. The van der Waals surface area contributed by atoms with Crippen molar-refractivity contribution in [1.29, 1.82) is 0 Å². The van der Waals surface area contributed by atoms with Gasteiger partial charge in [-0.05, 0) is 31.0 Å². The van der Waals surface area contributed by atoms with Crippen LogP contribution in [-0.4, -0.2) is 30.6 Å². The minimum Gasteiger partial charge on any atom is -0.388 e. The predicted molar refractivity (Wildman–Crippen MR) is 68.5 cm³/mol. The molecule has 3 nitrogen and oxygen atoms in total. The fraction of sp³-hybridized carbons (Fsp3) is 0.500. The van der Waals surface area contributed by atoms with Crippen LogP contribution in [0.2, 0.25) is 0 Å². The van der Waals surface area contributed by atoms with Gasteiger partial charge in [0.25, 0.3) is 0 Å². The summed E-state index contributed by atoms with van der Waals surface area (Å²) in [5.41, 5.74) is 0.0370. The molecule has 1 aromatic rings. The Kier molecular flexibility index (Phi) is 3.66. The first-order valence-electron chi connectivity index (χ1n) is 6.22. The van der Waals surface area contributed by atoms with Crippen LogP contribution >= 0.6 is 0 Å². The Bertz CT molecular complexity index is 441. The van der Waals surface area contributed by atoms with Crippen molar-refractivity contribution >= 4 is 12.0 Å². The molecule has 1 fully saturated rings. The number of hydrogen-bond acceptors (Lipinski definition) is 3. The van der Waals surface area contributed by atoms with Crippen LogP contribution in [-0.2, 0) is 0 Å². The van der Waals surface area contributed by atoms with E-state index in [4.69, 9.17) is 0 Å². The minimum absolute atomic E-state index is 0.323. The Morgan fingerprint density at radius 3 is 2.67 bits per heavy atom. The molecule has 1 aromatic carbocycles. The van der Waals surface area contributed by atoms with Crippen molar-refractivity contribution in [3.05, 3.63) is 29.6 Å². The van der Waals surface area contributed by atoms with Gasteiger partial charge in [-0.1, -0.05) is 12.8 Å². The summed E-state index contributed by atoms with van der Waals surface area (Å²) in [7, 11) is 1.76. The SMILES string of the molecule is CN(CC1(O)CCCC1)c1ccc(C=O)cc1F. The summed E-state index contributed by atoms with van der Waals surface area (Å²) in [6.45, 7) is 0.421. The quantitative estimate of drug-likeness (QED) is 0.835. The Morgan fingerprint density at radius 2 is 2.11 bits per heavy atom. The van der Waals surface area contributed by atoms with Gasteiger partial charge in [0.05, 0.1) is 11.3 Å². The van der Waals surface area contributed by atoms with Gasteiger partial charge in [0.1, 0.15) is 12.1 Å². The van der Waals surface area contributed by atoms with Crippen molar-refractivity contribution in [1.82, 2.24) is 0 Å². The fourth-order valence-corrected chi connectivity index (χ4v) is 2.62. The summed E-state index contributed by atoms with van der Waals surface area (Å²) in [5, 5.41) is 10.3. The molecule has 0 heterocycles. The number of aliphatic hydroxyl groups is 1. The average molecular weight is 251 g/mol. The molecule has 18 heavy (non-hydrogen) atoms. The van der Waals surface area contributed by atoms with Gasteiger partial charge in [-0.2, -0.15) is 0 Å². The van der Waals surface area contributed by atoms with Crippen molar-refractivity contribution in [2.24, 2.45) is 0 Å². The first-order chi connectivity index (χ1) is 8.54. The first kappa shape index (κ1) is 13.0. The molecule has 1 saturated carbocycles. The molecular weight excluding hydrogens is 233 g/mol. The van der Waals surface area contributed by atoms with Crippen LogP contribution in [0.1, 0.15) is 36.0 Å². The van der Waals surface area contributed by atoms with Crippen molar-refractivity contribution in [3.8, 4) is 0 Å². The van der Waals surface area contributed by atoms with E-state index < -0.39 is 11.4 Å². The minimum atomic E-state index is -0.704. The molecule has 4 heteroatoms. The molecule has 1 N–H and O–H groups in total. The second kappa shape index (κ2) is 5.06. The lowest BCUT2D eigenvalue weighted by Gasteiger charge is -2.30. The molecule has 0 aromatic heterocycles. The maximum absolute atomic E-state index is 13.8.